The van der Waals surface area contributed by atoms with Gasteiger partial charge in [0.15, 0.2) is 0 Å². The number of hydrogen-bond donors (Lipinski definition) is 0. The van der Waals surface area contributed by atoms with Crippen molar-refractivity contribution in [3.8, 4) is 0 Å². The maximum Gasteiger partial charge on any atom is 0.353 e. The number of ether oxygens (including phenoxy) is 2. The van der Waals surface area contributed by atoms with Gasteiger partial charge in [-0.1, -0.05) is 36.4 Å². The van der Waals surface area contributed by atoms with Crippen molar-refractivity contribution >= 4 is 34.9 Å². The normalized spacial score (nSPS) is 23.7. The van der Waals surface area contributed by atoms with Gasteiger partial charge in [0.2, 0.25) is 5.60 Å². The predicted molar refractivity (Wildman–Crippen MR) is 106 cm³/mol. The van der Waals surface area contributed by atoms with Crippen LogP contribution in [0.4, 0.5) is 0 Å². The summed E-state index contributed by atoms with van der Waals surface area (Å²) in [4.78, 5) is 26.5. The molecule has 0 spiro atoms. The zero-order chi connectivity index (χ0) is 19.7. The average molecular weight is 407 g/mol. The smallest absolute Gasteiger partial charge is 0.353 e. The molecule has 0 saturated carbocycles. The molecule has 3 atom stereocenters. The highest BCUT2D eigenvalue weighted by atomic mass is 35.5. The van der Waals surface area contributed by atoms with E-state index in [0.29, 0.717) is 6.42 Å². The second-order valence-electron chi connectivity index (χ2n) is 7.70. The van der Waals surface area contributed by atoms with Crippen molar-refractivity contribution in [3.05, 3.63) is 58.3 Å². The molecule has 144 valence electrons. The van der Waals surface area contributed by atoms with E-state index >= 15 is 0 Å². The largest absolute Gasteiger partial charge is 0.457 e. The number of carbonyl (C=O) groups excluding carboxylic acids is 2. The molecule has 1 saturated heterocycles. The molecule has 27 heavy (non-hydrogen) atoms. The van der Waals surface area contributed by atoms with Crippen LogP contribution >= 0.6 is 22.9 Å². The van der Waals surface area contributed by atoms with Crippen LogP contribution in [0, 0.1) is 0 Å². The number of carbonyl (C=O) groups is 2. The lowest BCUT2D eigenvalue weighted by Crippen LogP contribution is -2.54. The van der Waals surface area contributed by atoms with E-state index in [0.717, 1.165) is 10.4 Å². The summed E-state index contributed by atoms with van der Waals surface area (Å²) in [7, 11) is 0. The van der Waals surface area contributed by atoms with Gasteiger partial charge in [0.05, 0.1) is 17.7 Å². The van der Waals surface area contributed by atoms with Gasteiger partial charge < -0.3 is 9.47 Å². The first-order valence-electron chi connectivity index (χ1n) is 8.89. The van der Waals surface area contributed by atoms with Crippen molar-refractivity contribution in [3.63, 3.8) is 0 Å². The fraction of sp³-hybridized carbons (Fsp3) is 0.429. The lowest BCUT2D eigenvalue weighted by Gasteiger charge is -2.36. The lowest BCUT2D eigenvalue weighted by molar-refractivity contribution is -0.184. The molecule has 2 aromatic rings. The summed E-state index contributed by atoms with van der Waals surface area (Å²) < 4.78 is 11.4. The molecule has 3 rings (SSSR count). The molecule has 6 heteroatoms. The Labute approximate surface area is 168 Å². The maximum atomic E-state index is 13.3. The Morgan fingerprint density at radius 2 is 2.00 bits per heavy atom. The van der Waals surface area contributed by atoms with E-state index in [1.807, 2.05) is 47.8 Å². The van der Waals surface area contributed by atoms with E-state index in [1.54, 1.807) is 20.8 Å². The first kappa shape index (κ1) is 19.9. The number of benzene rings is 1. The summed E-state index contributed by atoms with van der Waals surface area (Å²) in [6.45, 7) is 5.36. The number of halogens is 1. The van der Waals surface area contributed by atoms with Crippen molar-refractivity contribution in [2.75, 3.05) is 0 Å². The Morgan fingerprint density at radius 3 is 2.59 bits per heavy atom. The first-order valence-corrected chi connectivity index (χ1v) is 10.2. The van der Waals surface area contributed by atoms with Crippen LogP contribution in [0.2, 0.25) is 0 Å². The monoisotopic (exact) mass is 406 g/mol. The van der Waals surface area contributed by atoms with Crippen LogP contribution in [-0.4, -0.2) is 28.5 Å². The minimum atomic E-state index is -1.55. The Hall–Kier alpha value is -1.85. The lowest BCUT2D eigenvalue weighted by atomic mass is 9.81. The van der Waals surface area contributed by atoms with Gasteiger partial charge in [0.25, 0.3) is 0 Å². The van der Waals surface area contributed by atoms with Crippen molar-refractivity contribution < 1.29 is 19.1 Å². The molecule has 1 fully saturated rings. The second-order valence-corrected chi connectivity index (χ2v) is 9.20. The Kier molecular flexibility index (Phi) is 5.63. The molecule has 0 radical (unpaired) electrons. The van der Waals surface area contributed by atoms with E-state index in [4.69, 9.17) is 21.1 Å². The summed E-state index contributed by atoms with van der Waals surface area (Å²) in [6.07, 6.45) is 0.495. The zero-order valence-corrected chi connectivity index (χ0v) is 17.2. The van der Waals surface area contributed by atoms with Crippen molar-refractivity contribution in [1.82, 2.24) is 0 Å². The Balaban J connectivity index is 2.02. The molecule has 0 unspecified atom stereocenters. The van der Waals surface area contributed by atoms with Crippen LogP contribution in [0.3, 0.4) is 0 Å². The van der Waals surface area contributed by atoms with Gasteiger partial charge in [-0.05, 0) is 44.2 Å². The second kappa shape index (κ2) is 7.64. The van der Waals surface area contributed by atoms with Gasteiger partial charge in [0.1, 0.15) is 5.60 Å². The summed E-state index contributed by atoms with van der Waals surface area (Å²) in [5.41, 5.74) is -1.30. The number of alkyl halides is 1. The van der Waals surface area contributed by atoms with E-state index in [2.05, 4.69) is 0 Å². The van der Waals surface area contributed by atoms with Crippen LogP contribution in [0.1, 0.15) is 43.6 Å². The number of rotatable bonds is 5. The van der Waals surface area contributed by atoms with Crippen LogP contribution < -0.4 is 0 Å². The van der Waals surface area contributed by atoms with Crippen molar-refractivity contribution in [2.24, 2.45) is 0 Å². The molecular weight excluding hydrogens is 384 g/mol. The molecule has 0 bridgehead atoms. The zero-order valence-electron chi connectivity index (χ0n) is 15.6. The third-order valence-corrected chi connectivity index (χ3v) is 5.96. The fourth-order valence-electron chi connectivity index (χ4n) is 3.35. The van der Waals surface area contributed by atoms with E-state index in [9.17, 15) is 9.59 Å². The third-order valence-electron chi connectivity index (χ3n) is 4.50. The molecule has 1 aromatic heterocycles. The quantitative estimate of drug-likeness (QED) is 0.533. The highest BCUT2D eigenvalue weighted by Crippen LogP contribution is 2.48. The molecule has 0 amide bonds. The molecule has 0 aliphatic carbocycles. The minimum absolute atomic E-state index is 0.109. The van der Waals surface area contributed by atoms with Gasteiger partial charge in [-0.3, -0.25) is 4.79 Å². The molecule has 4 nitrogen and oxygen atoms in total. The molecule has 2 heterocycles. The van der Waals surface area contributed by atoms with E-state index < -0.39 is 34.4 Å². The van der Waals surface area contributed by atoms with Crippen molar-refractivity contribution in [2.45, 2.75) is 56.1 Å². The molecule has 1 aromatic carbocycles. The number of cyclic esters (lactones) is 1. The third kappa shape index (κ3) is 4.19. The number of hydrogen-bond acceptors (Lipinski definition) is 5. The maximum absolute atomic E-state index is 13.3. The minimum Gasteiger partial charge on any atom is -0.457 e. The number of esters is 2. The Bertz CT molecular complexity index is 797. The van der Waals surface area contributed by atoms with Crippen LogP contribution in [0.15, 0.2) is 47.8 Å². The van der Waals surface area contributed by atoms with Gasteiger partial charge >= 0.3 is 11.9 Å². The highest BCUT2D eigenvalue weighted by Gasteiger charge is 2.62. The first-order chi connectivity index (χ1) is 12.7. The predicted octanol–water partition coefficient (Wildman–Crippen LogP) is 4.71. The van der Waals surface area contributed by atoms with Crippen LogP contribution in [0.25, 0.3) is 0 Å². The summed E-state index contributed by atoms with van der Waals surface area (Å²) in [5, 5.41) is 1.16. The molecule has 0 N–H and O–H groups in total. The molecule has 1 aliphatic heterocycles. The van der Waals surface area contributed by atoms with Gasteiger partial charge in [-0.2, -0.15) is 0 Å². The van der Waals surface area contributed by atoms with Gasteiger partial charge in [-0.15, -0.1) is 22.9 Å². The number of thiophene rings is 1. The van der Waals surface area contributed by atoms with Gasteiger partial charge in [0, 0.05) is 4.88 Å². The van der Waals surface area contributed by atoms with E-state index in [1.165, 1.54) is 11.3 Å². The van der Waals surface area contributed by atoms with Crippen molar-refractivity contribution in [1.29, 1.82) is 0 Å². The highest BCUT2D eigenvalue weighted by molar-refractivity contribution is 7.10. The molecular formula is C21H23ClO4S. The summed E-state index contributed by atoms with van der Waals surface area (Å²) in [6, 6.07) is 13.4. The van der Waals surface area contributed by atoms with E-state index in [-0.39, 0.29) is 6.42 Å². The topological polar surface area (TPSA) is 52.6 Å². The summed E-state index contributed by atoms with van der Waals surface area (Å²) >= 11 is 8.29. The fourth-order valence-corrected chi connectivity index (χ4v) is 4.70. The van der Waals surface area contributed by atoms with Gasteiger partial charge in [-0.25, -0.2) is 4.79 Å². The average Bonchev–Trinajstić information content (AvgIpc) is 3.22. The molecule has 1 aliphatic rings. The van der Waals surface area contributed by atoms with Crippen LogP contribution in [-0.2, 0) is 25.5 Å². The Morgan fingerprint density at radius 1 is 1.30 bits per heavy atom. The van der Waals surface area contributed by atoms with Crippen LogP contribution in [0.5, 0.6) is 0 Å². The SMILES string of the molecule is CC(C)(C)OC(=O)[C@]1([C@H](Cl)Cc2ccccc2)OC(=O)C[C@H]1c1cccs1. The standard InChI is InChI=1S/C21H23ClO4S/c1-20(2,3)26-19(24)21(17(22)12-14-8-5-4-6-9-14)15(13-18(23)25-21)16-10-7-11-27-16/h4-11,15,17H,12-13H2,1-3H3/t15-,17+,21-/m0/s1. The summed E-state index contributed by atoms with van der Waals surface area (Å²) in [5.74, 6) is -1.49.